The lowest BCUT2D eigenvalue weighted by atomic mass is 10.2. The van der Waals surface area contributed by atoms with E-state index in [1.165, 1.54) is 12.1 Å². The largest absolute Gasteiger partial charge is 0.377 e. The number of carbonyl (C=O) groups is 1. The van der Waals surface area contributed by atoms with Gasteiger partial charge in [0.25, 0.3) is 15.9 Å². The Morgan fingerprint density at radius 2 is 1.91 bits per heavy atom. The van der Waals surface area contributed by atoms with Gasteiger partial charge < -0.3 is 14.6 Å². The average Bonchev–Trinajstić information content (AvgIpc) is 3.44. The summed E-state index contributed by atoms with van der Waals surface area (Å²) in [6, 6.07) is 13.4. The van der Waals surface area contributed by atoms with Gasteiger partial charge in [-0.3, -0.25) is 4.79 Å². The zero-order valence-corrected chi connectivity index (χ0v) is 20.0. The van der Waals surface area contributed by atoms with Crippen molar-refractivity contribution in [1.82, 2.24) is 5.16 Å². The number of carbonyl (C=O) groups excluding carboxylic acids is 1. The Balaban J connectivity index is 1.43. The number of amides is 1. The Bertz CT molecular complexity index is 1230. The van der Waals surface area contributed by atoms with Crippen LogP contribution >= 0.6 is 11.8 Å². The van der Waals surface area contributed by atoms with E-state index in [0.717, 1.165) is 30.1 Å². The predicted molar refractivity (Wildman–Crippen MR) is 127 cm³/mol. The van der Waals surface area contributed by atoms with Gasteiger partial charge in [-0.25, -0.2) is 13.1 Å². The molecule has 0 saturated carbocycles. The highest BCUT2D eigenvalue weighted by atomic mass is 32.2. The quantitative estimate of drug-likeness (QED) is 0.446. The molecule has 0 radical (unpaired) electrons. The smallest absolute Gasteiger partial charge is 0.264 e. The van der Waals surface area contributed by atoms with Crippen LogP contribution in [0.15, 0.2) is 62.8 Å². The molecule has 4 rings (SSSR count). The van der Waals surface area contributed by atoms with E-state index in [9.17, 15) is 13.2 Å². The van der Waals surface area contributed by atoms with Gasteiger partial charge >= 0.3 is 0 Å². The minimum Gasteiger partial charge on any atom is -0.377 e. The van der Waals surface area contributed by atoms with Crippen molar-refractivity contribution in [1.29, 1.82) is 0 Å². The van der Waals surface area contributed by atoms with Crippen LogP contribution in [0.5, 0.6) is 0 Å². The van der Waals surface area contributed by atoms with Gasteiger partial charge in [0.1, 0.15) is 0 Å². The van der Waals surface area contributed by atoms with Crippen LogP contribution in [0.2, 0.25) is 0 Å². The Morgan fingerprint density at radius 3 is 2.58 bits per heavy atom. The van der Waals surface area contributed by atoms with E-state index in [0.29, 0.717) is 22.5 Å². The Hall–Kier alpha value is -2.82. The van der Waals surface area contributed by atoms with Crippen molar-refractivity contribution in [2.45, 2.75) is 42.6 Å². The maximum atomic E-state index is 12.9. The molecule has 1 atom stereocenters. The number of ether oxygens (including phenoxy) is 1. The van der Waals surface area contributed by atoms with Gasteiger partial charge in [-0.15, -0.1) is 11.8 Å². The first kappa shape index (κ1) is 23.3. The van der Waals surface area contributed by atoms with Crippen LogP contribution in [0.3, 0.4) is 0 Å². The van der Waals surface area contributed by atoms with Crippen LogP contribution in [0.1, 0.15) is 34.5 Å². The monoisotopic (exact) mass is 487 g/mol. The van der Waals surface area contributed by atoms with E-state index >= 15 is 0 Å². The molecular formula is C23H25N3O5S2. The fourth-order valence-corrected chi connectivity index (χ4v) is 5.51. The SMILES string of the molecule is Cc1noc(NS(=O)(=O)c2ccc(NC(=O)c3ccccc3SCC3CCCO3)cc2)c1C. The van der Waals surface area contributed by atoms with Crippen molar-refractivity contribution in [2.75, 3.05) is 22.4 Å². The normalized spacial score (nSPS) is 16.0. The molecular weight excluding hydrogens is 462 g/mol. The number of anilines is 2. The van der Waals surface area contributed by atoms with E-state index in [1.807, 2.05) is 18.2 Å². The third-order valence-corrected chi connectivity index (χ3v) is 7.94. The molecule has 0 spiro atoms. The third-order valence-electron chi connectivity index (χ3n) is 5.39. The lowest BCUT2D eigenvalue weighted by molar-refractivity contribution is 0.102. The molecule has 0 aliphatic carbocycles. The second kappa shape index (κ2) is 9.98. The Kier molecular flexibility index (Phi) is 7.06. The molecule has 1 amide bonds. The van der Waals surface area contributed by atoms with Crippen molar-refractivity contribution in [3.05, 3.63) is 65.4 Å². The number of benzene rings is 2. The van der Waals surface area contributed by atoms with Crippen LogP contribution < -0.4 is 10.0 Å². The van der Waals surface area contributed by atoms with Gasteiger partial charge in [-0.05, 0) is 63.1 Å². The van der Waals surface area contributed by atoms with Gasteiger partial charge in [-0.2, -0.15) is 0 Å². The van der Waals surface area contributed by atoms with Crippen molar-refractivity contribution in [2.24, 2.45) is 0 Å². The zero-order chi connectivity index (χ0) is 23.4. The van der Waals surface area contributed by atoms with Crippen molar-refractivity contribution in [3.8, 4) is 0 Å². The molecule has 2 aromatic carbocycles. The molecule has 1 aliphatic rings. The summed E-state index contributed by atoms with van der Waals surface area (Å²) in [6.45, 7) is 4.25. The number of rotatable bonds is 8. The minimum absolute atomic E-state index is 0.0430. The Morgan fingerprint density at radius 1 is 1.15 bits per heavy atom. The molecule has 33 heavy (non-hydrogen) atoms. The summed E-state index contributed by atoms with van der Waals surface area (Å²) in [5, 5.41) is 6.59. The fourth-order valence-electron chi connectivity index (χ4n) is 3.35. The first-order chi connectivity index (χ1) is 15.8. The summed E-state index contributed by atoms with van der Waals surface area (Å²) in [4.78, 5) is 13.8. The van der Waals surface area contributed by atoms with E-state index in [1.54, 1.807) is 43.8 Å². The summed E-state index contributed by atoms with van der Waals surface area (Å²) in [6.07, 6.45) is 2.34. The summed E-state index contributed by atoms with van der Waals surface area (Å²) < 4.78 is 38.4. The first-order valence-electron chi connectivity index (χ1n) is 10.5. The number of sulfonamides is 1. The fraction of sp³-hybridized carbons (Fsp3) is 0.304. The van der Waals surface area contributed by atoms with E-state index in [-0.39, 0.29) is 22.8 Å². The highest BCUT2D eigenvalue weighted by Gasteiger charge is 2.20. The summed E-state index contributed by atoms with van der Waals surface area (Å²) in [7, 11) is -3.85. The lowest BCUT2D eigenvalue weighted by Crippen LogP contribution is -2.15. The Labute approximate surface area is 197 Å². The molecule has 1 fully saturated rings. The molecule has 2 N–H and O–H groups in total. The highest BCUT2D eigenvalue weighted by molar-refractivity contribution is 7.99. The van der Waals surface area contributed by atoms with Crippen LogP contribution in [0, 0.1) is 13.8 Å². The molecule has 10 heteroatoms. The van der Waals surface area contributed by atoms with Crippen LogP contribution in [-0.2, 0) is 14.8 Å². The van der Waals surface area contributed by atoms with Gasteiger partial charge in [-0.1, -0.05) is 17.3 Å². The van der Waals surface area contributed by atoms with E-state index in [2.05, 4.69) is 15.2 Å². The number of nitrogens with zero attached hydrogens (tertiary/aromatic N) is 1. The van der Waals surface area contributed by atoms with E-state index < -0.39 is 10.0 Å². The topological polar surface area (TPSA) is 111 Å². The van der Waals surface area contributed by atoms with Crippen molar-refractivity contribution >= 4 is 39.3 Å². The van der Waals surface area contributed by atoms with E-state index in [4.69, 9.17) is 9.26 Å². The molecule has 2 heterocycles. The molecule has 1 saturated heterocycles. The summed E-state index contributed by atoms with van der Waals surface area (Å²) in [5.74, 6) is 0.627. The summed E-state index contributed by atoms with van der Waals surface area (Å²) >= 11 is 1.61. The lowest BCUT2D eigenvalue weighted by Gasteiger charge is -2.13. The number of hydrogen-bond donors (Lipinski definition) is 2. The average molecular weight is 488 g/mol. The maximum Gasteiger partial charge on any atom is 0.264 e. The standard InChI is InChI=1S/C23H25N3O5S2/c1-15-16(2)25-31-23(15)26-33(28,29)19-11-9-17(10-12-19)24-22(27)20-7-3-4-8-21(20)32-14-18-6-5-13-30-18/h3-4,7-12,18,26H,5-6,13-14H2,1-2H3,(H,24,27). The number of nitrogens with one attached hydrogen (secondary N) is 2. The van der Waals surface area contributed by atoms with Gasteiger partial charge in [0.2, 0.25) is 5.88 Å². The van der Waals surface area contributed by atoms with Crippen molar-refractivity contribution < 1.29 is 22.5 Å². The van der Waals surface area contributed by atoms with Crippen molar-refractivity contribution in [3.63, 3.8) is 0 Å². The highest BCUT2D eigenvalue weighted by Crippen LogP contribution is 2.28. The molecule has 8 nitrogen and oxygen atoms in total. The number of aromatic nitrogens is 1. The predicted octanol–water partition coefficient (Wildman–Crippen LogP) is 4.62. The second-order valence-electron chi connectivity index (χ2n) is 7.75. The third kappa shape index (κ3) is 5.58. The van der Waals surface area contributed by atoms with Crippen LogP contribution in [-0.4, -0.2) is 37.9 Å². The van der Waals surface area contributed by atoms with Gasteiger partial charge in [0.05, 0.1) is 22.3 Å². The summed E-state index contributed by atoms with van der Waals surface area (Å²) in [5.41, 5.74) is 2.29. The zero-order valence-electron chi connectivity index (χ0n) is 18.3. The first-order valence-corrected chi connectivity index (χ1v) is 13.0. The molecule has 3 aromatic rings. The molecule has 174 valence electrons. The van der Waals surface area contributed by atoms with Gasteiger partial charge in [0, 0.05) is 28.5 Å². The molecule has 0 bridgehead atoms. The van der Waals surface area contributed by atoms with Gasteiger partial charge in [0.15, 0.2) is 0 Å². The van der Waals surface area contributed by atoms with Crippen LogP contribution in [0.4, 0.5) is 11.6 Å². The number of hydrogen-bond acceptors (Lipinski definition) is 7. The second-order valence-corrected chi connectivity index (χ2v) is 10.5. The van der Waals surface area contributed by atoms with Crippen LogP contribution in [0.25, 0.3) is 0 Å². The number of aryl methyl sites for hydroxylation is 1. The molecule has 1 aliphatic heterocycles. The minimum atomic E-state index is -3.85. The molecule has 1 unspecified atom stereocenters. The number of thioether (sulfide) groups is 1. The maximum absolute atomic E-state index is 12.9. The molecule has 1 aromatic heterocycles.